The predicted octanol–water partition coefficient (Wildman–Crippen LogP) is 4.27. The number of hydrogen-bond donors (Lipinski definition) is 2. The van der Waals surface area contributed by atoms with Gasteiger partial charge >= 0.3 is 0 Å². The Balaban J connectivity index is 1.39. The molecule has 5 rings (SSSR count). The maximum absolute atomic E-state index is 12.9. The van der Waals surface area contributed by atoms with Crippen LogP contribution in [0.3, 0.4) is 0 Å². The summed E-state index contributed by atoms with van der Waals surface area (Å²) in [5, 5.41) is 2.92. The van der Waals surface area contributed by atoms with E-state index in [-0.39, 0.29) is 10.8 Å². The van der Waals surface area contributed by atoms with Crippen LogP contribution in [0.15, 0.2) is 77.7 Å². The number of aromatic nitrogens is 2. The van der Waals surface area contributed by atoms with Gasteiger partial charge in [0.2, 0.25) is 10.0 Å². The number of benzene rings is 3. The fourth-order valence-corrected chi connectivity index (χ4v) is 5.45. The van der Waals surface area contributed by atoms with Crippen LogP contribution in [0.5, 0.6) is 0 Å². The molecule has 2 heterocycles. The van der Waals surface area contributed by atoms with Gasteiger partial charge < -0.3 is 10.3 Å². The summed E-state index contributed by atoms with van der Waals surface area (Å²) in [7, 11) is -3.51. The molecule has 1 aromatic heterocycles. The van der Waals surface area contributed by atoms with E-state index in [0.29, 0.717) is 30.2 Å². The molecule has 8 heteroatoms. The maximum atomic E-state index is 12.9. The monoisotopic (exact) mass is 446 g/mol. The van der Waals surface area contributed by atoms with Gasteiger partial charge in [-0.25, -0.2) is 13.4 Å². The summed E-state index contributed by atoms with van der Waals surface area (Å²) in [6, 6.07) is 21.2. The summed E-state index contributed by atoms with van der Waals surface area (Å²) in [6.07, 6.45) is 1.76. The molecule has 0 unspecified atom stereocenters. The lowest BCUT2D eigenvalue weighted by Crippen LogP contribution is -2.27. The Morgan fingerprint density at radius 2 is 1.59 bits per heavy atom. The van der Waals surface area contributed by atoms with Gasteiger partial charge in [-0.1, -0.05) is 24.3 Å². The lowest BCUT2D eigenvalue weighted by atomic mass is 10.1. The van der Waals surface area contributed by atoms with Crippen LogP contribution in [0.4, 0.5) is 5.69 Å². The lowest BCUT2D eigenvalue weighted by molar-refractivity contribution is 0.102. The third kappa shape index (κ3) is 3.79. The van der Waals surface area contributed by atoms with Crippen LogP contribution in [-0.2, 0) is 10.0 Å². The van der Waals surface area contributed by atoms with Crippen LogP contribution in [0.1, 0.15) is 23.2 Å². The van der Waals surface area contributed by atoms with E-state index in [9.17, 15) is 13.2 Å². The molecule has 0 bridgehead atoms. The van der Waals surface area contributed by atoms with Crippen molar-refractivity contribution in [3.05, 3.63) is 78.4 Å². The third-order valence-electron chi connectivity index (χ3n) is 5.64. The number of nitrogens with one attached hydrogen (secondary N) is 2. The normalized spacial score (nSPS) is 14.6. The molecule has 0 atom stereocenters. The van der Waals surface area contributed by atoms with E-state index in [1.807, 2.05) is 48.5 Å². The molecule has 32 heavy (non-hydrogen) atoms. The average molecular weight is 447 g/mol. The number of nitrogens with zero attached hydrogens (tertiary/aromatic N) is 2. The summed E-state index contributed by atoms with van der Waals surface area (Å²) in [5.41, 5.74) is 3.53. The molecule has 0 aliphatic carbocycles. The number of carbonyl (C=O) groups is 1. The average Bonchev–Trinajstić information content (AvgIpc) is 3.50. The molecule has 2 N–H and O–H groups in total. The van der Waals surface area contributed by atoms with Crippen molar-refractivity contribution >= 4 is 32.7 Å². The van der Waals surface area contributed by atoms with E-state index in [1.165, 1.54) is 16.4 Å². The van der Waals surface area contributed by atoms with Crippen molar-refractivity contribution in [1.29, 1.82) is 0 Å². The minimum absolute atomic E-state index is 0.207. The van der Waals surface area contributed by atoms with Crippen LogP contribution in [-0.4, -0.2) is 41.7 Å². The summed E-state index contributed by atoms with van der Waals surface area (Å²) < 4.78 is 26.9. The molecule has 3 aromatic carbocycles. The Bertz CT molecular complexity index is 1360. The molecule has 1 saturated heterocycles. The van der Waals surface area contributed by atoms with Gasteiger partial charge in [-0.15, -0.1) is 0 Å². The molecular formula is C24H22N4O3S. The molecule has 1 amide bonds. The van der Waals surface area contributed by atoms with Crippen molar-refractivity contribution in [2.24, 2.45) is 0 Å². The van der Waals surface area contributed by atoms with Gasteiger partial charge in [0.1, 0.15) is 5.82 Å². The van der Waals surface area contributed by atoms with Crippen LogP contribution in [0.2, 0.25) is 0 Å². The Morgan fingerprint density at radius 1 is 0.906 bits per heavy atom. The number of hydrogen-bond acceptors (Lipinski definition) is 4. The van der Waals surface area contributed by atoms with E-state index >= 15 is 0 Å². The van der Waals surface area contributed by atoms with E-state index in [0.717, 1.165) is 29.4 Å². The summed E-state index contributed by atoms with van der Waals surface area (Å²) in [5.74, 6) is 0.341. The lowest BCUT2D eigenvalue weighted by Gasteiger charge is -2.15. The largest absolute Gasteiger partial charge is 0.338 e. The molecule has 0 spiro atoms. The van der Waals surface area contributed by atoms with Crippen LogP contribution in [0, 0.1) is 0 Å². The SMILES string of the molecule is O=C(Nc1ccccc1-c1nc2ccccc2[nH]1)c1ccc(S(=O)(=O)N2CCCC2)cc1. The minimum Gasteiger partial charge on any atom is -0.338 e. The summed E-state index contributed by atoms with van der Waals surface area (Å²) in [4.78, 5) is 21.0. The van der Waals surface area contributed by atoms with Gasteiger partial charge in [0.25, 0.3) is 5.91 Å². The van der Waals surface area contributed by atoms with Gasteiger partial charge in [0, 0.05) is 24.2 Å². The van der Waals surface area contributed by atoms with E-state index < -0.39 is 10.0 Å². The zero-order chi connectivity index (χ0) is 22.1. The van der Waals surface area contributed by atoms with Crippen LogP contribution < -0.4 is 5.32 Å². The second-order valence-electron chi connectivity index (χ2n) is 7.74. The fraction of sp³-hybridized carbons (Fsp3) is 0.167. The number of para-hydroxylation sites is 3. The molecule has 0 saturated carbocycles. The smallest absolute Gasteiger partial charge is 0.255 e. The number of amides is 1. The zero-order valence-corrected chi connectivity index (χ0v) is 18.1. The number of imidazole rings is 1. The number of H-pyrrole nitrogens is 1. The molecule has 162 valence electrons. The standard InChI is InChI=1S/C24H22N4O3S/c29-24(17-11-13-18(14-12-17)32(30,31)28-15-5-6-16-28)27-20-8-2-1-7-19(20)23-25-21-9-3-4-10-22(21)26-23/h1-4,7-14H,5-6,15-16H2,(H,25,26)(H,27,29). The van der Waals surface area contributed by atoms with Gasteiger partial charge in [0.05, 0.1) is 21.6 Å². The Hall–Kier alpha value is -3.49. The van der Waals surface area contributed by atoms with Crippen molar-refractivity contribution in [2.75, 3.05) is 18.4 Å². The molecule has 1 fully saturated rings. The number of aromatic amines is 1. The molecule has 1 aliphatic heterocycles. The van der Waals surface area contributed by atoms with E-state index in [1.54, 1.807) is 12.1 Å². The zero-order valence-electron chi connectivity index (χ0n) is 17.3. The fourth-order valence-electron chi connectivity index (χ4n) is 3.93. The first-order valence-corrected chi connectivity index (χ1v) is 11.9. The number of fused-ring (bicyclic) bond motifs is 1. The van der Waals surface area contributed by atoms with Crippen LogP contribution >= 0.6 is 0 Å². The molecule has 1 aliphatic rings. The van der Waals surface area contributed by atoms with Crippen molar-refractivity contribution < 1.29 is 13.2 Å². The van der Waals surface area contributed by atoms with Crippen molar-refractivity contribution in [3.8, 4) is 11.4 Å². The second kappa shape index (κ2) is 8.22. The predicted molar refractivity (Wildman–Crippen MR) is 124 cm³/mol. The number of anilines is 1. The Kier molecular flexibility index (Phi) is 5.24. The van der Waals surface area contributed by atoms with Gasteiger partial charge in [-0.3, -0.25) is 4.79 Å². The first-order valence-electron chi connectivity index (χ1n) is 10.5. The highest BCUT2D eigenvalue weighted by atomic mass is 32.2. The van der Waals surface area contributed by atoms with Crippen LogP contribution in [0.25, 0.3) is 22.4 Å². The van der Waals surface area contributed by atoms with E-state index in [2.05, 4.69) is 15.3 Å². The molecular weight excluding hydrogens is 424 g/mol. The Labute approximate surface area is 186 Å². The first-order chi connectivity index (χ1) is 15.5. The second-order valence-corrected chi connectivity index (χ2v) is 9.68. The quantitative estimate of drug-likeness (QED) is 0.479. The third-order valence-corrected chi connectivity index (χ3v) is 7.55. The van der Waals surface area contributed by atoms with Crippen molar-refractivity contribution in [3.63, 3.8) is 0 Å². The van der Waals surface area contributed by atoms with Crippen molar-refractivity contribution in [2.45, 2.75) is 17.7 Å². The summed E-state index contributed by atoms with van der Waals surface area (Å²) in [6.45, 7) is 1.09. The first kappa shape index (κ1) is 20.4. The summed E-state index contributed by atoms with van der Waals surface area (Å²) >= 11 is 0. The van der Waals surface area contributed by atoms with E-state index in [4.69, 9.17) is 0 Å². The topological polar surface area (TPSA) is 95.2 Å². The molecule has 0 radical (unpaired) electrons. The number of rotatable bonds is 5. The Morgan fingerprint density at radius 3 is 2.34 bits per heavy atom. The molecule has 4 aromatic rings. The highest BCUT2D eigenvalue weighted by molar-refractivity contribution is 7.89. The number of sulfonamides is 1. The highest BCUT2D eigenvalue weighted by Gasteiger charge is 2.27. The van der Waals surface area contributed by atoms with Gasteiger partial charge in [0.15, 0.2) is 0 Å². The maximum Gasteiger partial charge on any atom is 0.255 e. The van der Waals surface area contributed by atoms with Gasteiger partial charge in [-0.2, -0.15) is 4.31 Å². The van der Waals surface area contributed by atoms with Gasteiger partial charge in [-0.05, 0) is 61.4 Å². The van der Waals surface area contributed by atoms with Crippen molar-refractivity contribution in [1.82, 2.24) is 14.3 Å². The highest BCUT2D eigenvalue weighted by Crippen LogP contribution is 2.28. The minimum atomic E-state index is -3.51. The number of carbonyl (C=O) groups excluding carboxylic acids is 1. The molecule has 7 nitrogen and oxygen atoms in total.